The number of hydrogen-bond acceptors (Lipinski definition) is 2. The molecular weight excluding hydrogens is 184 g/mol. The van der Waals surface area contributed by atoms with Crippen LogP contribution in [0, 0.1) is 20.8 Å². The molecule has 2 heteroatoms. The van der Waals surface area contributed by atoms with E-state index in [0.717, 1.165) is 13.1 Å². The molecule has 1 unspecified atom stereocenters. The molecule has 0 bridgehead atoms. The van der Waals surface area contributed by atoms with Crippen LogP contribution in [0.1, 0.15) is 35.2 Å². The van der Waals surface area contributed by atoms with E-state index < -0.39 is 0 Å². The van der Waals surface area contributed by atoms with Crippen molar-refractivity contribution in [1.82, 2.24) is 5.32 Å². The summed E-state index contributed by atoms with van der Waals surface area (Å²) in [5.41, 5.74) is 11.4. The molecule has 1 aromatic rings. The van der Waals surface area contributed by atoms with Gasteiger partial charge in [-0.1, -0.05) is 19.1 Å². The minimum Gasteiger partial charge on any atom is -0.323 e. The number of likely N-dealkylation sites (N-methyl/N-ethyl adjacent to an activating group) is 1. The molecule has 1 atom stereocenters. The molecule has 0 heterocycles. The van der Waals surface area contributed by atoms with Gasteiger partial charge in [0.15, 0.2) is 0 Å². The second kappa shape index (κ2) is 5.29. The zero-order valence-electron chi connectivity index (χ0n) is 10.2. The van der Waals surface area contributed by atoms with E-state index in [1.807, 2.05) is 0 Å². The second-order valence-corrected chi connectivity index (χ2v) is 4.21. The topological polar surface area (TPSA) is 38.0 Å². The van der Waals surface area contributed by atoms with Gasteiger partial charge in [0.2, 0.25) is 0 Å². The molecular formula is C13H22N2. The summed E-state index contributed by atoms with van der Waals surface area (Å²) in [6, 6.07) is 4.53. The molecule has 0 aliphatic carbocycles. The predicted octanol–water partition coefficient (Wildman–Crippen LogP) is 2.22. The summed E-state index contributed by atoms with van der Waals surface area (Å²) in [7, 11) is 0. The summed E-state index contributed by atoms with van der Waals surface area (Å²) in [5.74, 6) is 0. The third-order valence-corrected chi connectivity index (χ3v) is 2.90. The van der Waals surface area contributed by atoms with Gasteiger partial charge in [0.25, 0.3) is 0 Å². The van der Waals surface area contributed by atoms with Gasteiger partial charge >= 0.3 is 0 Å². The Kier molecular flexibility index (Phi) is 4.30. The smallest absolute Gasteiger partial charge is 0.0424 e. The van der Waals surface area contributed by atoms with Gasteiger partial charge in [0.05, 0.1) is 0 Å². The van der Waals surface area contributed by atoms with E-state index in [1.165, 1.54) is 22.3 Å². The van der Waals surface area contributed by atoms with Gasteiger partial charge < -0.3 is 11.1 Å². The van der Waals surface area contributed by atoms with Crippen LogP contribution in [-0.2, 0) is 0 Å². The van der Waals surface area contributed by atoms with Crippen molar-refractivity contribution in [2.24, 2.45) is 5.73 Å². The molecule has 0 aliphatic rings. The van der Waals surface area contributed by atoms with Crippen molar-refractivity contribution in [3.05, 3.63) is 34.4 Å². The van der Waals surface area contributed by atoms with Crippen LogP contribution in [0.2, 0.25) is 0 Å². The summed E-state index contributed by atoms with van der Waals surface area (Å²) in [6.45, 7) is 10.3. The first-order chi connectivity index (χ1) is 7.06. The first-order valence-electron chi connectivity index (χ1n) is 5.60. The number of nitrogens with two attached hydrogens (primary N) is 1. The fourth-order valence-electron chi connectivity index (χ4n) is 1.79. The second-order valence-electron chi connectivity index (χ2n) is 4.21. The summed E-state index contributed by atoms with van der Waals surface area (Å²) in [5, 5.41) is 3.28. The van der Waals surface area contributed by atoms with E-state index in [4.69, 9.17) is 5.73 Å². The highest BCUT2D eigenvalue weighted by atomic mass is 14.9. The van der Waals surface area contributed by atoms with E-state index in [0.29, 0.717) is 0 Å². The number of hydrogen-bond donors (Lipinski definition) is 2. The van der Waals surface area contributed by atoms with Crippen molar-refractivity contribution in [2.45, 2.75) is 33.7 Å². The van der Waals surface area contributed by atoms with E-state index >= 15 is 0 Å². The lowest BCUT2D eigenvalue weighted by molar-refractivity contribution is 0.613. The van der Waals surface area contributed by atoms with Crippen molar-refractivity contribution in [3.63, 3.8) is 0 Å². The van der Waals surface area contributed by atoms with Gasteiger partial charge in [-0.05, 0) is 49.6 Å². The number of benzene rings is 1. The maximum atomic E-state index is 6.14. The monoisotopic (exact) mass is 206 g/mol. The third-order valence-electron chi connectivity index (χ3n) is 2.90. The number of aryl methyl sites for hydroxylation is 3. The Bertz CT molecular complexity index is 332. The molecule has 2 nitrogen and oxygen atoms in total. The molecule has 0 aliphatic heterocycles. The number of nitrogens with one attached hydrogen (secondary N) is 1. The number of rotatable bonds is 4. The quantitative estimate of drug-likeness (QED) is 0.792. The summed E-state index contributed by atoms with van der Waals surface area (Å²) in [6.07, 6.45) is 0. The van der Waals surface area contributed by atoms with Gasteiger partial charge in [0.1, 0.15) is 0 Å². The lowest BCUT2D eigenvalue weighted by Gasteiger charge is -2.17. The molecule has 1 rings (SSSR count). The molecule has 0 aromatic heterocycles. The molecule has 0 fully saturated rings. The molecule has 0 saturated carbocycles. The van der Waals surface area contributed by atoms with Crippen LogP contribution < -0.4 is 11.1 Å². The van der Waals surface area contributed by atoms with Crippen LogP contribution in [-0.4, -0.2) is 13.1 Å². The first kappa shape index (κ1) is 12.2. The molecule has 0 radical (unpaired) electrons. The van der Waals surface area contributed by atoms with Crippen molar-refractivity contribution in [3.8, 4) is 0 Å². The largest absolute Gasteiger partial charge is 0.323 e. The fraction of sp³-hybridized carbons (Fsp3) is 0.538. The first-order valence-corrected chi connectivity index (χ1v) is 5.60. The molecule has 0 spiro atoms. The van der Waals surface area contributed by atoms with Crippen LogP contribution in [0.5, 0.6) is 0 Å². The SMILES string of the molecule is CCNCC(N)c1cc(C)c(C)cc1C. The molecule has 84 valence electrons. The Hall–Kier alpha value is -0.860. The van der Waals surface area contributed by atoms with Gasteiger partial charge in [-0.3, -0.25) is 0 Å². The Labute approximate surface area is 92.9 Å². The van der Waals surface area contributed by atoms with Gasteiger partial charge in [-0.25, -0.2) is 0 Å². The Balaban J connectivity index is 2.88. The van der Waals surface area contributed by atoms with Crippen molar-refractivity contribution >= 4 is 0 Å². The van der Waals surface area contributed by atoms with Gasteiger partial charge in [-0.2, -0.15) is 0 Å². The average Bonchev–Trinajstić information content (AvgIpc) is 2.20. The minimum absolute atomic E-state index is 0.101. The summed E-state index contributed by atoms with van der Waals surface area (Å²) in [4.78, 5) is 0. The summed E-state index contributed by atoms with van der Waals surface area (Å²) < 4.78 is 0. The zero-order valence-corrected chi connectivity index (χ0v) is 10.2. The van der Waals surface area contributed by atoms with Crippen LogP contribution in [0.4, 0.5) is 0 Å². The minimum atomic E-state index is 0.101. The van der Waals surface area contributed by atoms with E-state index in [1.54, 1.807) is 0 Å². The highest BCUT2D eigenvalue weighted by molar-refractivity contribution is 5.38. The highest BCUT2D eigenvalue weighted by Crippen LogP contribution is 2.19. The van der Waals surface area contributed by atoms with E-state index in [-0.39, 0.29) is 6.04 Å². The molecule has 0 saturated heterocycles. The Morgan fingerprint density at radius 3 is 2.33 bits per heavy atom. The van der Waals surface area contributed by atoms with Crippen LogP contribution >= 0.6 is 0 Å². The lowest BCUT2D eigenvalue weighted by Crippen LogP contribution is -2.27. The van der Waals surface area contributed by atoms with Gasteiger partial charge in [0, 0.05) is 12.6 Å². The zero-order chi connectivity index (χ0) is 11.4. The lowest BCUT2D eigenvalue weighted by atomic mass is 9.96. The van der Waals surface area contributed by atoms with Crippen LogP contribution in [0.25, 0.3) is 0 Å². The van der Waals surface area contributed by atoms with Crippen LogP contribution in [0.15, 0.2) is 12.1 Å². The maximum Gasteiger partial charge on any atom is 0.0424 e. The molecule has 1 aromatic carbocycles. The Morgan fingerprint density at radius 1 is 1.13 bits per heavy atom. The van der Waals surface area contributed by atoms with Crippen molar-refractivity contribution in [2.75, 3.05) is 13.1 Å². The third kappa shape index (κ3) is 3.05. The predicted molar refractivity (Wildman–Crippen MR) is 66.1 cm³/mol. The van der Waals surface area contributed by atoms with Gasteiger partial charge in [-0.15, -0.1) is 0 Å². The standard InChI is InChI=1S/C13H22N2/c1-5-15-8-13(14)12-7-10(3)9(2)6-11(12)4/h6-7,13,15H,5,8,14H2,1-4H3. The highest BCUT2D eigenvalue weighted by Gasteiger charge is 2.09. The van der Waals surface area contributed by atoms with E-state index in [9.17, 15) is 0 Å². The maximum absolute atomic E-state index is 6.14. The fourth-order valence-corrected chi connectivity index (χ4v) is 1.79. The van der Waals surface area contributed by atoms with Crippen molar-refractivity contribution < 1.29 is 0 Å². The average molecular weight is 206 g/mol. The Morgan fingerprint density at radius 2 is 1.73 bits per heavy atom. The van der Waals surface area contributed by atoms with E-state index in [2.05, 4.69) is 45.1 Å². The normalized spacial score (nSPS) is 12.9. The van der Waals surface area contributed by atoms with Crippen LogP contribution in [0.3, 0.4) is 0 Å². The van der Waals surface area contributed by atoms with Crippen molar-refractivity contribution in [1.29, 1.82) is 0 Å². The molecule has 0 amide bonds. The molecule has 15 heavy (non-hydrogen) atoms. The summed E-state index contributed by atoms with van der Waals surface area (Å²) >= 11 is 0. The molecule has 3 N–H and O–H groups in total.